The van der Waals surface area contributed by atoms with E-state index < -0.39 is 22.6 Å². The SMILES string of the molecule is CC(C)(C)N/N=C(\Cc1occc(=O)c1O)C(=O)Nc1ccc(Cl)c(Cl)c1. The van der Waals surface area contributed by atoms with E-state index in [0.29, 0.717) is 10.7 Å². The van der Waals surface area contributed by atoms with Crippen LogP contribution in [0.4, 0.5) is 5.69 Å². The maximum atomic E-state index is 12.7. The molecule has 27 heavy (non-hydrogen) atoms. The predicted molar refractivity (Wildman–Crippen MR) is 106 cm³/mol. The Hall–Kier alpha value is -2.51. The van der Waals surface area contributed by atoms with Crippen molar-refractivity contribution in [3.05, 3.63) is 56.6 Å². The van der Waals surface area contributed by atoms with Crippen LogP contribution in [0.3, 0.4) is 0 Å². The molecule has 7 nitrogen and oxygen atoms in total. The lowest BCUT2D eigenvalue weighted by Crippen LogP contribution is -2.35. The van der Waals surface area contributed by atoms with Crippen LogP contribution < -0.4 is 16.2 Å². The van der Waals surface area contributed by atoms with Crippen molar-refractivity contribution in [3.63, 3.8) is 0 Å². The number of carbonyl (C=O) groups excluding carboxylic acids is 1. The minimum absolute atomic E-state index is 0.000599. The Morgan fingerprint density at radius 2 is 1.93 bits per heavy atom. The van der Waals surface area contributed by atoms with Crippen LogP contribution >= 0.6 is 23.2 Å². The van der Waals surface area contributed by atoms with Gasteiger partial charge in [0.05, 0.1) is 22.7 Å². The average Bonchev–Trinajstić information content (AvgIpc) is 2.57. The number of aromatic hydroxyl groups is 1. The molecule has 0 bridgehead atoms. The third kappa shape index (κ3) is 6.01. The molecule has 0 aliphatic carbocycles. The van der Waals surface area contributed by atoms with E-state index in [1.165, 1.54) is 6.07 Å². The van der Waals surface area contributed by atoms with E-state index in [4.69, 9.17) is 27.6 Å². The molecule has 1 aromatic heterocycles. The lowest BCUT2D eigenvalue weighted by atomic mass is 10.1. The van der Waals surface area contributed by atoms with E-state index in [-0.39, 0.29) is 22.9 Å². The highest BCUT2D eigenvalue weighted by molar-refractivity contribution is 6.44. The molecular formula is C18H19Cl2N3O4. The minimum atomic E-state index is -0.607. The second-order valence-electron chi connectivity index (χ2n) is 6.74. The van der Waals surface area contributed by atoms with Crippen molar-refractivity contribution in [2.24, 2.45) is 5.10 Å². The number of rotatable bonds is 5. The van der Waals surface area contributed by atoms with Gasteiger partial charge in [0.25, 0.3) is 5.91 Å². The van der Waals surface area contributed by atoms with Gasteiger partial charge in [0, 0.05) is 17.3 Å². The maximum absolute atomic E-state index is 12.7. The Kier molecular flexibility index (Phi) is 6.51. The van der Waals surface area contributed by atoms with Crippen molar-refractivity contribution in [1.29, 1.82) is 0 Å². The minimum Gasteiger partial charge on any atom is -0.502 e. The van der Waals surface area contributed by atoms with Gasteiger partial charge in [-0.1, -0.05) is 23.2 Å². The van der Waals surface area contributed by atoms with E-state index in [2.05, 4.69) is 15.8 Å². The van der Waals surface area contributed by atoms with Gasteiger partial charge in [0.15, 0.2) is 5.76 Å². The molecule has 0 aliphatic rings. The molecule has 9 heteroatoms. The van der Waals surface area contributed by atoms with Crippen LogP contribution in [-0.2, 0) is 11.2 Å². The second-order valence-corrected chi connectivity index (χ2v) is 7.55. The maximum Gasteiger partial charge on any atom is 0.272 e. The van der Waals surface area contributed by atoms with E-state index in [0.717, 1.165) is 12.3 Å². The van der Waals surface area contributed by atoms with E-state index in [9.17, 15) is 14.7 Å². The average molecular weight is 412 g/mol. The lowest BCUT2D eigenvalue weighted by molar-refractivity contribution is -0.110. The first-order chi connectivity index (χ1) is 12.6. The molecule has 0 atom stereocenters. The molecule has 2 aromatic rings. The smallest absolute Gasteiger partial charge is 0.272 e. The van der Waals surface area contributed by atoms with Crippen molar-refractivity contribution in [3.8, 4) is 5.75 Å². The number of carbonyl (C=O) groups is 1. The fourth-order valence-electron chi connectivity index (χ4n) is 1.91. The lowest BCUT2D eigenvalue weighted by Gasteiger charge is -2.19. The molecule has 0 aliphatic heterocycles. The molecule has 2 rings (SSSR count). The molecule has 0 saturated heterocycles. The number of benzene rings is 1. The third-order valence-electron chi connectivity index (χ3n) is 3.22. The van der Waals surface area contributed by atoms with Crippen LogP contribution in [0.25, 0.3) is 0 Å². The standard InChI is InChI=1S/C18H19Cl2N3O4/c1-18(2,3)23-22-13(9-15-16(25)14(24)6-7-27-15)17(26)21-10-4-5-11(19)12(20)8-10/h4-8,23,25H,9H2,1-3H3,(H,21,26)/b22-13+. The van der Waals surface area contributed by atoms with Crippen molar-refractivity contribution in [2.45, 2.75) is 32.7 Å². The number of hydrogen-bond acceptors (Lipinski definition) is 6. The Balaban J connectivity index is 2.30. The number of hydrogen-bond donors (Lipinski definition) is 3. The monoisotopic (exact) mass is 411 g/mol. The summed E-state index contributed by atoms with van der Waals surface area (Å²) in [6.45, 7) is 5.60. The number of halogens is 2. The number of nitrogens with one attached hydrogen (secondary N) is 2. The first-order valence-corrected chi connectivity index (χ1v) is 8.72. The van der Waals surface area contributed by atoms with Gasteiger partial charge < -0.3 is 20.3 Å². The highest BCUT2D eigenvalue weighted by atomic mass is 35.5. The Morgan fingerprint density at radius 3 is 2.56 bits per heavy atom. The number of amides is 1. The van der Waals surface area contributed by atoms with Gasteiger partial charge in [-0.15, -0.1) is 0 Å². The molecule has 0 radical (unpaired) electrons. The van der Waals surface area contributed by atoms with Gasteiger partial charge in [-0.2, -0.15) is 5.10 Å². The van der Waals surface area contributed by atoms with Gasteiger partial charge >= 0.3 is 0 Å². The van der Waals surface area contributed by atoms with E-state index in [1.807, 2.05) is 20.8 Å². The predicted octanol–water partition coefficient (Wildman–Crippen LogP) is 3.58. The van der Waals surface area contributed by atoms with E-state index in [1.54, 1.807) is 12.1 Å². The van der Waals surface area contributed by atoms with Crippen molar-refractivity contribution in [2.75, 3.05) is 5.32 Å². The topological polar surface area (TPSA) is 104 Å². The van der Waals surface area contributed by atoms with Crippen molar-refractivity contribution >= 4 is 40.5 Å². The summed E-state index contributed by atoms with van der Waals surface area (Å²) in [4.78, 5) is 24.2. The van der Waals surface area contributed by atoms with Gasteiger partial charge in [-0.3, -0.25) is 9.59 Å². The summed E-state index contributed by atoms with van der Waals surface area (Å²) in [6, 6.07) is 5.71. The summed E-state index contributed by atoms with van der Waals surface area (Å²) in [6.07, 6.45) is 0.946. The molecule has 0 unspecified atom stereocenters. The van der Waals surface area contributed by atoms with Crippen LogP contribution in [-0.4, -0.2) is 22.3 Å². The van der Waals surface area contributed by atoms with Crippen LogP contribution in [0.1, 0.15) is 26.5 Å². The third-order valence-corrected chi connectivity index (χ3v) is 3.96. The highest BCUT2D eigenvalue weighted by Gasteiger charge is 2.19. The van der Waals surface area contributed by atoms with Crippen molar-refractivity contribution in [1.82, 2.24) is 5.43 Å². The van der Waals surface area contributed by atoms with Gasteiger partial charge in [0.2, 0.25) is 11.2 Å². The Morgan fingerprint density at radius 1 is 1.22 bits per heavy atom. The summed E-state index contributed by atoms with van der Waals surface area (Å²) in [7, 11) is 0. The number of hydrazone groups is 1. The van der Waals surface area contributed by atoms with Gasteiger partial charge in [-0.05, 0) is 39.0 Å². The fraction of sp³-hybridized carbons (Fsp3) is 0.278. The molecule has 144 valence electrons. The summed E-state index contributed by atoms with van der Waals surface area (Å²) < 4.78 is 5.16. The molecule has 1 aromatic carbocycles. The van der Waals surface area contributed by atoms with Crippen LogP contribution in [0.5, 0.6) is 5.75 Å². The fourth-order valence-corrected chi connectivity index (χ4v) is 2.21. The molecule has 0 spiro atoms. The van der Waals surface area contributed by atoms with Crippen LogP contribution in [0.15, 0.2) is 44.8 Å². The van der Waals surface area contributed by atoms with Crippen molar-refractivity contribution < 1.29 is 14.3 Å². The first kappa shape index (κ1) is 20.8. The van der Waals surface area contributed by atoms with E-state index >= 15 is 0 Å². The zero-order valence-corrected chi connectivity index (χ0v) is 16.5. The summed E-state index contributed by atoms with van der Waals surface area (Å²) in [5, 5.41) is 17.3. The van der Waals surface area contributed by atoms with Gasteiger partial charge in [0.1, 0.15) is 5.71 Å². The second kappa shape index (κ2) is 8.45. The zero-order chi connectivity index (χ0) is 20.2. The summed E-state index contributed by atoms with van der Waals surface area (Å²) in [5.41, 5.74) is 2.24. The highest BCUT2D eigenvalue weighted by Crippen LogP contribution is 2.25. The summed E-state index contributed by atoms with van der Waals surface area (Å²) in [5.74, 6) is -1.19. The molecule has 0 saturated carbocycles. The molecule has 0 fully saturated rings. The number of nitrogens with zero attached hydrogens (tertiary/aromatic N) is 1. The number of anilines is 1. The Labute approximate surface area is 166 Å². The van der Waals surface area contributed by atoms with Gasteiger partial charge in [-0.25, -0.2) is 0 Å². The molecule has 1 amide bonds. The quantitative estimate of drug-likeness (QED) is 0.515. The zero-order valence-electron chi connectivity index (χ0n) is 15.0. The van der Waals surface area contributed by atoms with Crippen LogP contribution in [0, 0.1) is 0 Å². The molecule has 1 heterocycles. The summed E-state index contributed by atoms with van der Waals surface area (Å²) >= 11 is 11.8. The van der Waals surface area contributed by atoms with Crippen LogP contribution in [0.2, 0.25) is 10.0 Å². The molecule has 3 N–H and O–H groups in total. The largest absolute Gasteiger partial charge is 0.502 e. The Bertz CT molecular complexity index is 933. The molecular weight excluding hydrogens is 393 g/mol. The first-order valence-electron chi connectivity index (χ1n) is 7.96. The normalized spacial score (nSPS) is 12.0.